The summed E-state index contributed by atoms with van der Waals surface area (Å²) in [6.45, 7) is 10.9. The molecule has 1 fully saturated rings. The standard InChI is InChI=1S/C21H26N4/c1-14-8-10-24(11-9-14)19-13-16(3)22-21-17(4)20(23-25(19)21)18-7-5-6-15(2)12-18/h5-7,12-14H,8-11H2,1-4H3. The Morgan fingerprint density at radius 2 is 1.80 bits per heavy atom. The average molecular weight is 334 g/mol. The predicted octanol–water partition coefficient (Wildman–Crippen LogP) is 4.56. The molecule has 2 aromatic heterocycles. The van der Waals surface area contributed by atoms with Gasteiger partial charge in [0.1, 0.15) is 5.82 Å². The van der Waals surface area contributed by atoms with Crippen LogP contribution in [0.5, 0.6) is 0 Å². The molecule has 1 saturated heterocycles. The largest absolute Gasteiger partial charge is 0.356 e. The minimum Gasteiger partial charge on any atom is -0.356 e. The van der Waals surface area contributed by atoms with Crippen molar-refractivity contribution in [3.8, 4) is 11.3 Å². The topological polar surface area (TPSA) is 33.4 Å². The molecule has 3 aromatic rings. The van der Waals surface area contributed by atoms with Crippen LogP contribution in [0.2, 0.25) is 0 Å². The van der Waals surface area contributed by atoms with E-state index >= 15 is 0 Å². The van der Waals surface area contributed by atoms with Crippen molar-refractivity contribution in [1.29, 1.82) is 0 Å². The number of anilines is 1. The Labute approximate surface area is 149 Å². The lowest BCUT2D eigenvalue weighted by Gasteiger charge is -2.32. The minimum absolute atomic E-state index is 0.817. The minimum atomic E-state index is 0.817. The third-order valence-corrected chi connectivity index (χ3v) is 5.33. The summed E-state index contributed by atoms with van der Waals surface area (Å²) >= 11 is 0. The number of rotatable bonds is 2. The molecule has 0 spiro atoms. The third kappa shape index (κ3) is 2.90. The third-order valence-electron chi connectivity index (χ3n) is 5.33. The van der Waals surface area contributed by atoms with Crippen LogP contribution in [-0.2, 0) is 0 Å². The SMILES string of the molecule is Cc1cccc(-c2nn3c(N4CCC(C)CC4)cc(C)nc3c2C)c1. The molecule has 0 N–H and O–H groups in total. The summed E-state index contributed by atoms with van der Waals surface area (Å²) in [6.07, 6.45) is 2.49. The highest BCUT2D eigenvalue weighted by atomic mass is 15.4. The molecule has 3 heterocycles. The van der Waals surface area contributed by atoms with Gasteiger partial charge in [0.15, 0.2) is 5.65 Å². The first kappa shape index (κ1) is 16.1. The van der Waals surface area contributed by atoms with E-state index in [0.717, 1.165) is 41.6 Å². The van der Waals surface area contributed by atoms with Crippen LogP contribution in [-0.4, -0.2) is 27.7 Å². The van der Waals surface area contributed by atoms with E-state index in [-0.39, 0.29) is 0 Å². The first-order chi connectivity index (χ1) is 12.0. The second-order valence-corrected chi connectivity index (χ2v) is 7.50. The smallest absolute Gasteiger partial charge is 0.161 e. The van der Waals surface area contributed by atoms with Crippen molar-refractivity contribution in [3.05, 3.63) is 47.2 Å². The van der Waals surface area contributed by atoms with Crippen LogP contribution in [0, 0.1) is 26.7 Å². The molecular formula is C21H26N4. The van der Waals surface area contributed by atoms with E-state index in [4.69, 9.17) is 10.1 Å². The molecule has 0 aliphatic carbocycles. The van der Waals surface area contributed by atoms with Crippen LogP contribution in [0.4, 0.5) is 5.82 Å². The Morgan fingerprint density at radius 3 is 2.52 bits per heavy atom. The molecule has 4 nitrogen and oxygen atoms in total. The van der Waals surface area contributed by atoms with Gasteiger partial charge in [0.2, 0.25) is 0 Å². The zero-order valence-corrected chi connectivity index (χ0v) is 15.6. The lowest BCUT2D eigenvalue weighted by molar-refractivity contribution is 0.435. The molecule has 4 heteroatoms. The molecule has 0 atom stereocenters. The Hall–Kier alpha value is -2.36. The van der Waals surface area contributed by atoms with E-state index < -0.39 is 0 Å². The van der Waals surface area contributed by atoms with Gasteiger partial charge in [-0.2, -0.15) is 9.61 Å². The summed E-state index contributed by atoms with van der Waals surface area (Å²) in [5.74, 6) is 1.99. The predicted molar refractivity (Wildman–Crippen MR) is 103 cm³/mol. The van der Waals surface area contributed by atoms with Crippen molar-refractivity contribution >= 4 is 11.5 Å². The number of fused-ring (bicyclic) bond motifs is 1. The van der Waals surface area contributed by atoms with Crippen LogP contribution >= 0.6 is 0 Å². The quantitative estimate of drug-likeness (QED) is 0.689. The number of aromatic nitrogens is 3. The van der Waals surface area contributed by atoms with E-state index in [1.165, 1.54) is 29.8 Å². The Bertz CT molecular complexity index is 917. The van der Waals surface area contributed by atoms with Gasteiger partial charge >= 0.3 is 0 Å². The molecule has 1 aliphatic heterocycles. The Balaban J connectivity index is 1.86. The highest BCUT2D eigenvalue weighted by Gasteiger charge is 2.21. The molecule has 0 unspecified atom stereocenters. The van der Waals surface area contributed by atoms with Crippen molar-refractivity contribution in [2.24, 2.45) is 5.92 Å². The molecule has 0 radical (unpaired) electrons. The molecular weight excluding hydrogens is 308 g/mol. The number of hydrogen-bond acceptors (Lipinski definition) is 3. The van der Waals surface area contributed by atoms with Crippen LogP contribution < -0.4 is 4.90 Å². The van der Waals surface area contributed by atoms with E-state index in [9.17, 15) is 0 Å². The Kier molecular flexibility index (Phi) is 3.98. The number of aryl methyl sites for hydroxylation is 3. The highest BCUT2D eigenvalue weighted by molar-refractivity contribution is 5.72. The number of piperidine rings is 1. The van der Waals surface area contributed by atoms with Crippen molar-refractivity contribution < 1.29 is 0 Å². The fraction of sp³-hybridized carbons (Fsp3) is 0.429. The van der Waals surface area contributed by atoms with Gasteiger partial charge in [-0.15, -0.1) is 0 Å². The summed E-state index contributed by atoms with van der Waals surface area (Å²) in [5, 5.41) is 4.97. The van der Waals surface area contributed by atoms with Gasteiger partial charge in [-0.3, -0.25) is 0 Å². The summed E-state index contributed by atoms with van der Waals surface area (Å²) in [7, 11) is 0. The molecule has 4 rings (SSSR count). The van der Waals surface area contributed by atoms with E-state index in [2.05, 4.69) is 67.4 Å². The van der Waals surface area contributed by atoms with Crippen molar-refractivity contribution in [2.45, 2.75) is 40.5 Å². The molecule has 0 saturated carbocycles. The van der Waals surface area contributed by atoms with Gasteiger partial charge < -0.3 is 4.90 Å². The monoisotopic (exact) mass is 334 g/mol. The number of benzene rings is 1. The molecule has 25 heavy (non-hydrogen) atoms. The first-order valence-corrected chi connectivity index (χ1v) is 9.22. The van der Waals surface area contributed by atoms with Crippen LogP contribution in [0.15, 0.2) is 30.3 Å². The van der Waals surface area contributed by atoms with Crippen LogP contribution in [0.25, 0.3) is 16.9 Å². The van der Waals surface area contributed by atoms with Crippen molar-refractivity contribution in [2.75, 3.05) is 18.0 Å². The fourth-order valence-corrected chi connectivity index (χ4v) is 3.75. The number of nitrogens with zero attached hydrogens (tertiary/aromatic N) is 4. The van der Waals surface area contributed by atoms with Gasteiger partial charge in [-0.1, -0.05) is 30.7 Å². The maximum absolute atomic E-state index is 4.97. The lowest BCUT2D eigenvalue weighted by atomic mass is 9.99. The summed E-state index contributed by atoms with van der Waals surface area (Å²) < 4.78 is 2.05. The van der Waals surface area contributed by atoms with Gasteiger partial charge in [0.25, 0.3) is 0 Å². The Morgan fingerprint density at radius 1 is 1.04 bits per heavy atom. The van der Waals surface area contributed by atoms with E-state index in [0.29, 0.717) is 0 Å². The lowest BCUT2D eigenvalue weighted by Crippen LogP contribution is -2.34. The molecule has 0 bridgehead atoms. The average Bonchev–Trinajstić information content (AvgIpc) is 2.92. The molecule has 1 aromatic carbocycles. The van der Waals surface area contributed by atoms with Gasteiger partial charge in [0, 0.05) is 36.0 Å². The molecule has 0 amide bonds. The zero-order valence-electron chi connectivity index (χ0n) is 15.6. The van der Waals surface area contributed by atoms with E-state index in [1.54, 1.807) is 0 Å². The fourth-order valence-electron chi connectivity index (χ4n) is 3.75. The van der Waals surface area contributed by atoms with E-state index in [1.807, 2.05) is 0 Å². The zero-order chi connectivity index (χ0) is 17.6. The maximum atomic E-state index is 4.97. The molecule has 130 valence electrons. The highest BCUT2D eigenvalue weighted by Crippen LogP contribution is 2.30. The first-order valence-electron chi connectivity index (χ1n) is 9.22. The van der Waals surface area contributed by atoms with Crippen molar-refractivity contribution in [1.82, 2.24) is 14.6 Å². The summed E-state index contributed by atoms with van der Waals surface area (Å²) in [6, 6.07) is 10.7. The van der Waals surface area contributed by atoms with Gasteiger partial charge in [0.05, 0.1) is 5.69 Å². The van der Waals surface area contributed by atoms with Crippen LogP contribution in [0.3, 0.4) is 0 Å². The summed E-state index contributed by atoms with van der Waals surface area (Å²) in [5.41, 5.74) is 6.64. The second-order valence-electron chi connectivity index (χ2n) is 7.50. The molecule has 1 aliphatic rings. The normalized spacial score (nSPS) is 15.9. The number of hydrogen-bond donors (Lipinski definition) is 0. The van der Waals surface area contributed by atoms with Gasteiger partial charge in [-0.25, -0.2) is 4.98 Å². The van der Waals surface area contributed by atoms with Gasteiger partial charge in [-0.05, 0) is 45.6 Å². The van der Waals surface area contributed by atoms with Crippen LogP contribution in [0.1, 0.15) is 36.6 Å². The second kappa shape index (κ2) is 6.17. The maximum Gasteiger partial charge on any atom is 0.161 e. The van der Waals surface area contributed by atoms with Crippen molar-refractivity contribution in [3.63, 3.8) is 0 Å². The summed E-state index contributed by atoms with van der Waals surface area (Å²) in [4.78, 5) is 7.25.